The van der Waals surface area contributed by atoms with E-state index >= 15 is 0 Å². The Morgan fingerprint density at radius 2 is 2.26 bits per heavy atom. The van der Waals surface area contributed by atoms with Crippen LogP contribution in [0.25, 0.3) is 0 Å². The van der Waals surface area contributed by atoms with E-state index in [1.807, 2.05) is 0 Å². The van der Waals surface area contributed by atoms with Gasteiger partial charge in [0.1, 0.15) is 11.6 Å². The molecule has 2 aromatic rings. The molecule has 0 aliphatic carbocycles. The van der Waals surface area contributed by atoms with Crippen LogP contribution in [0.2, 0.25) is 0 Å². The lowest BCUT2D eigenvalue weighted by Crippen LogP contribution is -2.24. The molecule has 1 aliphatic heterocycles. The van der Waals surface area contributed by atoms with Gasteiger partial charge in [-0.1, -0.05) is 0 Å². The zero-order chi connectivity index (χ0) is 13.2. The Morgan fingerprint density at radius 1 is 1.37 bits per heavy atom. The van der Waals surface area contributed by atoms with Crippen LogP contribution in [0.3, 0.4) is 0 Å². The van der Waals surface area contributed by atoms with Crippen molar-refractivity contribution in [2.24, 2.45) is 7.05 Å². The number of hydrogen-bond acceptors (Lipinski definition) is 3. The van der Waals surface area contributed by atoms with E-state index < -0.39 is 0 Å². The predicted octanol–water partition coefficient (Wildman–Crippen LogP) is 1.80. The lowest BCUT2D eigenvalue weighted by molar-refractivity contribution is 0.462. The van der Waals surface area contributed by atoms with Gasteiger partial charge in [-0.3, -0.25) is 0 Å². The lowest BCUT2D eigenvalue weighted by Gasteiger charge is -2.19. The van der Waals surface area contributed by atoms with Crippen LogP contribution >= 0.6 is 0 Å². The molecule has 5 heteroatoms. The molecule has 0 fully saturated rings. The van der Waals surface area contributed by atoms with Gasteiger partial charge in [0.2, 0.25) is 0 Å². The number of nitrogens with one attached hydrogen (secondary N) is 1. The van der Waals surface area contributed by atoms with Crippen LogP contribution in [-0.2, 0) is 26.6 Å². The molecule has 102 valence electrons. The number of rotatable bonds is 4. The first-order chi connectivity index (χ1) is 9.25. The molecule has 1 aliphatic rings. The van der Waals surface area contributed by atoms with Gasteiger partial charge in [0, 0.05) is 38.4 Å². The van der Waals surface area contributed by atoms with Crippen molar-refractivity contribution in [2.45, 2.75) is 45.3 Å². The van der Waals surface area contributed by atoms with Crippen LogP contribution in [0.1, 0.15) is 43.1 Å². The van der Waals surface area contributed by atoms with Crippen molar-refractivity contribution < 1.29 is 0 Å². The van der Waals surface area contributed by atoms with E-state index in [0.717, 1.165) is 31.2 Å². The number of aryl methyl sites for hydroxylation is 2. The highest BCUT2D eigenvalue weighted by molar-refractivity contribution is 5.08. The SMILES string of the molecule is C[C@@H](NCc1cccn1C)c1nnc2n1CCCC2. The molecule has 0 unspecified atom stereocenters. The second-order valence-electron chi connectivity index (χ2n) is 5.30. The average molecular weight is 259 g/mol. The van der Waals surface area contributed by atoms with E-state index in [2.05, 4.69) is 56.9 Å². The Hall–Kier alpha value is -1.62. The zero-order valence-electron chi connectivity index (χ0n) is 11.6. The summed E-state index contributed by atoms with van der Waals surface area (Å²) in [7, 11) is 2.07. The molecule has 3 rings (SSSR count). The van der Waals surface area contributed by atoms with Gasteiger partial charge in [-0.15, -0.1) is 10.2 Å². The van der Waals surface area contributed by atoms with E-state index in [-0.39, 0.29) is 6.04 Å². The van der Waals surface area contributed by atoms with E-state index in [9.17, 15) is 0 Å². The van der Waals surface area contributed by atoms with Crippen molar-refractivity contribution in [2.75, 3.05) is 0 Å². The standard InChI is InChI=1S/C14H21N5/c1-11(15-10-12-6-5-8-18(12)2)14-17-16-13-7-3-4-9-19(13)14/h5-6,8,11,15H,3-4,7,9-10H2,1-2H3/t11-/m1/s1. The first-order valence-electron chi connectivity index (χ1n) is 7.01. The number of aromatic nitrogens is 4. The number of hydrogen-bond donors (Lipinski definition) is 1. The Labute approximate surface area is 113 Å². The summed E-state index contributed by atoms with van der Waals surface area (Å²) in [4.78, 5) is 0. The van der Waals surface area contributed by atoms with Crippen molar-refractivity contribution in [1.29, 1.82) is 0 Å². The lowest BCUT2D eigenvalue weighted by atomic mass is 10.1. The minimum absolute atomic E-state index is 0.231. The van der Waals surface area contributed by atoms with Gasteiger partial charge >= 0.3 is 0 Å². The molecule has 19 heavy (non-hydrogen) atoms. The smallest absolute Gasteiger partial charge is 0.149 e. The van der Waals surface area contributed by atoms with Gasteiger partial charge in [-0.2, -0.15) is 0 Å². The minimum atomic E-state index is 0.231. The number of fused-ring (bicyclic) bond motifs is 1. The van der Waals surface area contributed by atoms with Crippen molar-refractivity contribution in [1.82, 2.24) is 24.6 Å². The van der Waals surface area contributed by atoms with Crippen LogP contribution < -0.4 is 5.32 Å². The predicted molar refractivity (Wildman–Crippen MR) is 73.6 cm³/mol. The zero-order valence-corrected chi connectivity index (χ0v) is 11.6. The second kappa shape index (κ2) is 5.17. The van der Waals surface area contributed by atoms with Crippen LogP contribution in [-0.4, -0.2) is 19.3 Å². The fourth-order valence-electron chi connectivity index (χ4n) is 2.68. The van der Waals surface area contributed by atoms with Gasteiger partial charge in [-0.05, 0) is 31.9 Å². The highest BCUT2D eigenvalue weighted by atomic mass is 15.3. The van der Waals surface area contributed by atoms with Crippen LogP contribution in [0.4, 0.5) is 0 Å². The highest BCUT2D eigenvalue weighted by Crippen LogP contribution is 2.19. The molecule has 3 heterocycles. The summed E-state index contributed by atoms with van der Waals surface area (Å²) in [6.07, 6.45) is 5.62. The number of nitrogens with zero attached hydrogens (tertiary/aromatic N) is 4. The molecule has 0 radical (unpaired) electrons. The molecule has 0 bridgehead atoms. The molecule has 0 saturated heterocycles. The highest BCUT2D eigenvalue weighted by Gasteiger charge is 2.19. The monoisotopic (exact) mass is 259 g/mol. The largest absolute Gasteiger partial charge is 0.353 e. The van der Waals surface area contributed by atoms with Crippen molar-refractivity contribution in [3.05, 3.63) is 35.7 Å². The molecular weight excluding hydrogens is 238 g/mol. The maximum atomic E-state index is 4.36. The first-order valence-corrected chi connectivity index (χ1v) is 7.01. The first kappa shape index (κ1) is 12.4. The summed E-state index contributed by atoms with van der Waals surface area (Å²) >= 11 is 0. The van der Waals surface area contributed by atoms with E-state index in [0.29, 0.717) is 0 Å². The molecule has 0 amide bonds. The van der Waals surface area contributed by atoms with E-state index in [1.165, 1.54) is 18.5 Å². The molecule has 1 N–H and O–H groups in total. The quantitative estimate of drug-likeness (QED) is 0.911. The molecular formula is C14H21N5. The summed E-state index contributed by atoms with van der Waals surface area (Å²) in [6.45, 7) is 4.08. The molecule has 1 atom stereocenters. The second-order valence-corrected chi connectivity index (χ2v) is 5.30. The maximum Gasteiger partial charge on any atom is 0.149 e. The summed E-state index contributed by atoms with van der Waals surface area (Å²) in [5, 5.41) is 12.2. The van der Waals surface area contributed by atoms with E-state index in [4.69, 9.17) is 0 Å². The molecule has 0 saturated carbocycles. The van der Waals surface area contributed by atoms with Crippen LogP contribution in [0, 0.1) is 0 Å². The third kappa shape index (κ3) is 2.42. The molecule has 2 aromatic heterocycles. The van der Waals surface area contributed by atoms with E-state index in [1.54, 1.807) is 0 Å². The van der Waals surface area contributed by atoms with Crippen molar-refractivity contribution in [3.8, 4) is 0 Å². The summed E-state index contributed by atoms with van der Waals surface area (Å²) in [6, 6.07) is 4.44. The molecule has 5 nitrogen and oxygen atoms in total. The molecule has 0 spiro atoms. The van der Waals surface area contributed by atoms with Gasteiger partial charge in [0.15, 0.2) is 0 Å². The average Bonchev–Trinajstić information content (AvgIpc) is 3.02. The van der Waals surface area contributed by atoms with Gasteiger partial charge in [0.25, 0.3) is 0 Å². The third-order valence-corrected chi connectivity index (χ3v) is 3.92. The Morgan fingerprint density at radius 3 is 3.05 bits per heavy atom. The van der Waals surface area contributed by atoms with Gasteiger partial charge < -0.3 is 14.5 Å². The fraction of sp³-hybridized carbons (Fsp3) is 0.571. The van der Waals surface area contributed by atoms with Gasteiger partial charge in [-0.25, -0.2) is 0 Å². The minimum Gasteiger partial charge on any atom is -0.353 e. The topological polar surface area (TPSA) is 47.7 Å². The summed E-state index contributed by atoms with van der Waals surface area (Å²) < 4.78 is 4.42. The normalized spacial score (nSPS) is 16.3. The van der Waals surface area contributed by atoms with Crippen LogP contribution in [0.5, 0.6) is 0 Å². The summed E-state index contributed by atoms with van der Waals surface area (Å²) in [5.41, 5.74) is 1.28. The van der Waals surface area contributed by atoms with Crippen molar-refractivity contribution in [3.63, 3.8) is 0 Å². The van der Waals surface area contributed by atoms with Crippen LogP contribution in [0.15, 0.2) is 18.3 Å². The maximum absolute atomic E-state index is 4.36. The Balaban J connectivity index is 1.69. The van der Waals surface area contributed by atoms with Crippen molar-refractivity contribution >= 4 is 0 Å². The third-order valence-electron chi connectivity index (χ3n) is 3.92. The fourth-order valence-corrected chi connectivity index (χ4v) is 2.68. The van der Waals surface area contributed by atoms with Gasteiger partial charge in [0.05, 0.1) is 6.04 Å². The molecule has 0 aromatic carbocycles. The summed E-state index contributed by atoms with van der Waals surface area (Å²) in [5.74, 6) is 2.22. The Kier molecular flexibility index (Phi) is 3.38. The Bertz CT molecular complexity index is 554.